The first-order chi connectivity index (χ1) is 4.57. The van der Waals surface area contributed by atoms with Crippen LogP contribution >= 0.6 is 0 Å². The molecule has 1 unspecified atom stereocenters. The van der Waals surface area contributed by atoms with E-state index in [1.807, 2.05) is 0 Å². The van der Waals surface area contributed by atoms with E-state index in [0.29, 0.717) is 0 Å². The van der Waals surface area contributed by atoms with E-state index in [-0.39, 0.29) is 6.42 Å². The maximum absolute atomic E-state index is 10.4. The Bertz CT molecular complexity index is 147. The molecule has 0 aliphatic carbocycles. The molecule has 2 amide bonds. The van der Waals surface area contributed by atoms with Gasteiger partial charge in [0, 0.05) is 0 Å². The minimum Gasteiger partial charge on any atom is -0.370 e. The van der Waals surface area contributed by atoms with Crippen LogP contribution < -0.4 is 16.9 Å². The average Bonchev–Trinajstić information content (AvgIpc) is 1.85. The van der Waals surface area contributed by atoms with E-state index in [1.54, 1.807) is 0 Å². The minimum atomic E-state index is -1.07. The van der Waals surface area contributed by atoms with Crippen molar-refractivity contribution < 1.29 is 14.8 Å². The van der Waals surface area contributed by atoms with E-state index in [1.165, 1.54) is 5.48 Å². The van der Waals surface area contributed by atoms with E-state index in [0.717, 1.165) is 0 Å². The molecule has 1 atom stereocenters. The van der Waals surface area contributed by atoms with E-state index in [4.69, 9.17) is 16.7 Å². The number of carbonyl (C=O) groups excluding carboxylic acids is 2. The molecule has 6 heteroatoms. The lowest BCUT2D eigenvalue weighted by atomic mass is 10.2. The summed E-state index contributed by atoms with van der Waals surface area (Å²) >= 11 is 0. The predicted octanol–water partition coefficient (Wildman–Crippen LogP) is -2.31. The van der Waals surface area contributed by atoms with Gasteiger partial charge in [-0.05, 0) is 0 Å². The first-order valence-electron chi connectivity index (χ1n) is 2.55. The second-order valence-electron chi connectivity index (χ2n) is 1.75. The summed E-state index contributed by atoms with van der Waals surface area (Å²) in [6.45, 7) is 0. The molecule has 0 aromatic carbocycles. The highest BCUT2D eigenvalue weighted by molar-refractivity contribution is 5.86. The lowest BCUT2D eigenvalue weighted by Gasteiger charge is -2.04. The maximum atomic E-state index is 10.4. The zero-order valence-corrected chi connectivity index (χ0v) is 5.20. The summed E-state index contributed by atoms with van der Waals surface area (Å²) in [5, 5.41) is 7.99. The van der Waals surface area contributed by atoms with Crippen LogP contribution in [0.2, 0.25) is 0 Å². The second kappa shape index (κ2) is 3.80. The van der Waals surface area contributed by atoms with Gasteiger partial charge in [-0.25, -0.2) is 5.48 Å². The Balaban J connectivity index is 3.72. The molecule has 0 fully saturated rings. The fourth-order valence-corrected chi connectivity index (χ4v) is 0.392. The first-order valence-corrected chi connectivity index (χ1v) is 2.55. The third-order valence-electron chi connectivity index (χ3n) is 0.868. The summed E-state index contributed by atoms with van der Waals surface area (Å²) in [4.78, 5) is 20.5. The second-order valence-corrected chi connectivity index (χ2v) is 1.75. The average molecular weight is 147 g/mol. The van der Waals surface area contributed by atoms with Gasteiger partial charge in [-0.15, -0.1) is 0 Å². The highest BCUT2D eigenvalue weighted by atomic mass is 16.5. The van der Waals surface area contributed by atoms with Gasteiger partial charge in [-0.2, -0.15) is 0 Å². The van der Waals surface area contributed by atoms with Gasteiger partial charge < -0.3 is 11.5 Å². The zero-order chi connectivity index (χ0) is 8.15. The van der Waals surface area contributed by atoms with Crippen molar-refractivity contribution in [2.75, 3.05) is 0 Å². The predicted molar refractivity (Wildman–Crippen MR) is 31.7 cm³/mol. The number of hydrogen-bond donors (Lipinski definition) is 4. The fourth-order valence-electron chi connectivity index (χ4n) is 0.392. The zero-order valence-electron chi connectivity index (χ0n) is 5.20. The van der Waals surface area contributed by atoms with Crippen LogP contribution in [-0.4, -0.2) is 23.1 Å². The third kappa shape index (κ3) is 3.00. The number of primary amides is 1. The van der Waals surface area contributed by atoms with E-state index < -0.39 is 17.9 Å². The quantitative estimate of drug-likeness (QED) is 0.265. The van der Waals surface area contributed by atoms with E-state index in [2.05, 4.69) is 0 Å². The summed E-state index contributed by atoms with van der Waals surface area (Å²) in [5.41, 5.74) is 11.1. The highest BCUT2D eigenvalue weighted by Crippen LogP contribution is 1.84. The van der Waals surface area contributed by atoms with Crippen LogP contribution in [0, 0.1) is 0 Å². The first kappa shape index (κ1) is 8.86. The molecule has 0 saturated heterocycles. The van der Waals surface area contributed by atoms with Crippen LogP contribution in [0.4, 0.5) is 0 Å². The van der Waals surface area contributed by atoms with Crippen LogP contribution in [-0.2, 0) is 9.59 Å². The monoisotopic (exact) mass is 147 g/mol. The summed E-state index contributed by atoms with van der Waals surface area (Å²) < 4.78 is 0. The number of rotatable bonds is 3. The van der Waals surface area contributed by atoms with Gasteiger partial charge in [0.2, 0.25) is 5.91 Å². The number of nitrogens with one attached hydrogen (secondary N) is 1. The lowest BCUT2D eigenvalue weighted by molar-refractivity contribution is -0.132. The molecule has 0 saturated carbocycles. The lowest BCUT2D eigenvalue weighted by Crippen LogP contribution is -2.41. The fraction of sp³-hybridized carbons (Fsp3) is 0.500. The van der Waals surface area contributed by atoms with Crippen molar-refractivity contribution in [3.8, 4) is 0 Å². The third-order valence-corrected chi connectivity index (χ3v) is 0.868. The van der Waals surface area contributed by atoms with E-state index >= 15 is 0 Å². The molecular weight excluding hydrogens is 138 g/mol. The van der Waals surface area contributed by atoms with Gasteiger partial charge >= 0.3 is 0 Å². The molecule has 0 aliphatic heterocycles. The van der Waals surface area contributed by atoms with Crippen molar-refractivity contribution in [2.45, 2.75) is 12.5 Å². The Morgan fingerprint density at radius 1 is 1.60 bits per heavy atom. The molecule has 0 bridgehead atoms. The highest BCUT2D eigenvalue weighted by Gasteiger charge is 2.14. The van der Waals surface area contributed by atoms with Crippen molar-refractivity contribution in [3.05, 3.63) is 0 Å². The molecule has 0 aromatic rings. The van der Waals surface area contributed by atoms with Crippen molar-refractivity contribution in [2.24, 2.45) is 11.5 Å². The van der Waals surface area contributed by atoms with Crippen molar-refractivity contribution >= 4 is 11.8 Å². The Labute approximate surface area is 57.1 Å². The molecule has 10 heavy (non-hydrogen) atoms. The topological polar surface area (TPSA) is 118 Å². The van der Waals surface area contributed by atoms with Crippen LogP contribution in [0.5, 0.6) is 0 Å². The molecular formula is C4H9N3O3. The number of hydrogen-bond acceptors (Lipinski definition) is 4. The summed E-state index contributed by atoms with van der Waals surface area (Å²) in [6.07, 6.45) is -0.271. The molecule has 6 N–H and O–H groups in total. The van der Waals surface area contributed by atoms with Gasteiger partial charge in [0.25, 0.3) is 5.91 Å². The van der Waals surface area contributed by atoms with Gasteiger partial charge in [-0.3, -0.25) is 14.8 Å². The SMILES string of the molecule is NC(=O)CC(N)C(=O)NO. The Hall–Kier alpha value is -1.14. The number of nitrogens with two attached hydrogens (primary N) is 2. The van der Waals surface area contributed by atoms with Crippen molar-refractivity contribution in [1.29, 1.82) is 0 Å². The largest absolute Gasteiger partial charge is 0.370 e. The van der Waals surface area contributed by atoms with Gasteiger partial charge in [0.05, 0.1) is 12.5 Å². The number of hydroxylamine groups is 1. The smallest absolute Gasteiger partial charge is 0.260 e. The molecule has 6 nitrogen and oxygen atoms in total. The number of amides is 2. The molecule has 0 rings (SSSR count). The van der Waals surface area contributed by atoms with Crippen LogP contribution in [0.1, 0.15) is 6.42 Å². The molecule has 0 aliphatic rings. The molecule has 0 heterocycles. The van der Waals surface area contributed by atoms with E-state index in [9.17, 15) is 9.59 Å². The standard InChI is InChI=1S/C4H9N3O3/c5-2(1-3(6)8)4(9)7-10/h2,10H,1,5H2,(H2,6,8)(H,7,9). The maximum Gasteiger partial charge on any atom is 0.260 e. The normalized spacial score (nSPS) is 12.2. The van der Waals surface area contributed by atoms with Crippen molar-refractivity contribution in [3.63, 3.8) is 0 Å². The number of carbonyl (C=O) groups is 2. The Morgan fingerprint density at radius 2 is 2.10 bits per heavy atom. The molecule has 0 aromatic heterocycles. The van der Waals surface area contributed by atoms with Crippen LogP contribution in [0.3, 0.4) is 0 Å². The van der Waals surface area contributed by atoms with Crippen molar-refractivity contribution in [1.82, 2.24) is 5.48 Å². The summed E-state index contributed by atoms with van der Waals surface area (Å²) in [5.74, 6) is -1.50. The van der Waals surface area contributed by atoms with Crippen LogP contribution in [0.25, 0.3) is 0 Å². The molecule has 0 radical (unpaired) electrons. The van der Waals surface area contributed by atoms with Crippen LogP contribution in [0.15, 0.2) is 0 Å². The van der Waals surface area contributed by atoms with Gasteiger partial charge in [0.15, 0.2) is 0 Å². The summed E-state index contributed by atoms with van der Waals surface area (Å²) in [7, 11) is 0. The minimum absolute atomic E-state index is 0.271. The van der Waals surface area contributed by atoms with Gasteiger partial charge in [0.1, 0.15) is 0 Å². The molecule has 0 spiro atoms. The Kier molecular flexibility index (Phi) is 3.37. The van der Waals surface area contributed by atoms with Gasteiger partial charge in [-0.1, -0.05) is 0 Å². The Morgan fingerprint density at radius 3 is 2.40 bits per heavy atom. The molecule has 58 valence electrons. The summed E-state index contributed by atoms with van der Waals surface area (Å²) in [6, 6.07) is -1.07.